The van der Waals surface area contributed by atoms with Gasteiger partial charge >= 0.3 is 0 Å². The van der Waals surface area contributed by atoms with Gasteiger partial charge in [-0.1, -0.05) is 37.3 Å². The number of aryl methyl sites for hydroxylation is 1. The molecule has 138 valence electrons. The Morgan fingerprint density at radius 3 is 2.85 bits per heavy atom. The average molecular weight is 350 g/mol. The Labute approximate surface area is 157 Å². The van der Waals surface area contributed by atoms with Crippen molar-refractivity contribution >= 4 is 16.7 Å². The van der Waals surface area contributed by atoms with Crippen LogP contribution in [0.3, 0.4) is 0 Å². The van der Waals surface area contributed by atoms with Gasteiger partial charge in [0.2, 0.25) is 0 Å². The number of hydrogen-bond acceptors (Lipinski definition) is 3. The molecule has 1 aromatic heterocycles. The van der Waals surface area contributed by atoms with Gasteiger partial charge in [-0.15, -0.1) is 0 Å². The average Bonchev–Trinajstić information content (AvgIpc) is 2.88. The van der Waals surface area contributed by atoms with Crippen LogP contribution in [0.4, 0.5) is 5.82 Å². The number of para-hydroxylation sites is 1. The smallest absolute Gasteiger partial charge is 0.129 e. The first-order valence-corrected chi connectivity index (χ1v) is 9.95. The van der Waals surface area contributed by atoms with Crippen molar-refractivity contribution in [3.8, 4) is 0 Å². The van der Waals surface area contributed by atoms with E-state index in [0.717, 1.165) is 56.7 Å². The van der Waals surface area contributed by atoms with Crippen molar-refractivity contribution in [2.45, 2.75) is 46.0 Å². The zero-order valence-corrected chi connectivity index (χ0v) is 16.2. The molecule has 2 heterocycles. The van der Waals surface area contributed by atoms with Gasteiger partial charge in [0.25, 0.3) is 0 Å². The fourth-order valence-electron chi connectivity index (χ4n) is 3.87. The highest BCUT2D eigenvalue weighted by Gasteiger charge is 2.18. The molecule has 1 aromatic carbocycles. The number of pyridine rings is 1. The molecule has 1 fully saturated rings. The Hall–Kier alpha value is -2.13. The molecular formula is C23H31N3. The maximum absolute atomic E-state index is 5.76. The van der Waals surface area contributed by atoms with Crippen molar-refractivity contribution in [2.75, 3.05) is 24.5 Å². The molecule has 0 spiro atoms. The number of nitrogens with zero attached hydrogens (tertiary/aromatic N) is 2. The largest absolute Gasteiger partial charge is 0.352 e. The molecule has 1 saturated heterocycles. The van der Waals surface area contributed by atoms with Crippen LogP contribution >= 0.6 is 0 Å². The van der Waals surface area contributed by atoms with Gasteiger partial charge in [-0.25, -0.2) is 4.98 Å². The summed E-state index contributed by atoms with van der Waals surface area (Å²) in [6, 6.07) is 10.8. The molecule has 1 aliphatic rings. The summed E-state index contributed by atoms with van der Waals surface area (Å²) < 4.78 is 0. The van der Waals surface area contributed by atoms with E-state index >= 15 is 0 Å². The molecule has 0 bridgehead atoms. The van der Waals surface area contributed by atoms with Gasteiger partial charge in [0.1, 0.15) is 5.82 Å². The predicted molar refractivity (Wildman–Crippen MR) is 113 cm³/mol. The number of benzene rings is 1. The lowest BCUT2D eigenvalue weighted by atomic mass is 10.0. The Bertz CT molecular complexity index is 804. The monoisotopic (exact) mass is 349 g/mol. The van der Waals surface area contributed by atoms with Crippen LogP contribution in [0.1, 0.15) is 45.1 Å². The van der Waals surface area contributed by atoms with Crippen molar-refractivity contribution in [1.82, 2.24) is 4.98 Å². The van der Waals surface area contributed by atoms with Crippen molar-refractivity contribution < 1.29 is 0 Å². The molecule has 0 saturated carbocycles. The molecule has 26 heavy (non-hydrogen) atoms. The van der Waals surface area contributed by atoms with Crippen molar-refractivity contribution in [2.24, 2.45) is 5.73 Å². The molecule has 0 radical (unpaired) electrons. The van der Waals surface area contributed by atoms with E-state index in [4.69, 9.17) is 10.7 Å². The number of fused-ring (bicyclic) bond motifs is 1. The molecule has 3 heteroatoms. The molecule has 3 nitrogen and oxygen atoms in total. The first kappa shape index (κ1) is 18.7. The normalized spacial score (nSPS) is 18.7. The van der Waals surface area contributed by atoms with Crippen LogP contribution < -0.4 is 10.6 Å². The minimum Gasteiger partial charge on any atom is -0.352 e. The summed E-state index contributed by atoms with van der Waals surface area (Å²) in [5.41, 5.74) is 11.2. The van der Waals surface area contributed by atoms with Gasteiger partial charge in [0.15, 0.2) is 0 Å². The van der Waals surface area contributed by atoms with Crippen LogP contribution in [-0.4, -0.2) is 24.6 Å². The van der Waals surface area contributed by atoms with E-state index in [1.807, 2.05) is 0 Å². The summed E-state index contributed by atoms with van der Waals surface area (Å²) in [5.74, 6) is 1.11. The van der Waals surface area contributed by atoms with Gasteiger partial charge in [0, 0.05) is 18.5 Å². The van der Waals surface area contributed by atoms with Crippen molar-refractivity contribution in [1.29, 1.82) is 0 Å². The van der Waals surface area contributed by atoms with E-state index in [9.17, 15) is 0 Å². The van der Waals surface area contributed by atoms with Gasteiger partial charge in [-0.3, -0.25) is 0 Å². The standard InChI is InChI=1S/C23H31N3/c1-3-9-20-17-26(15-8-11-18(20)4-2)23-16-19(10-7-14-24)21-12-5-6-13-22(21)25-23/h4-6,9,12-13,16H,3,7-8,10-11,14-15,17,24H2,1-2H3/b18-4-,20-9-. The van der Waals surface area contributed by atoms with Crippen LogP contribution in [0, 0.1) is 0 Å². The summed E-state index contributed by atoms with van der Waals surface area (Å²) in [6.07, 6.45) is 10.1. The highest BCUT2D eigenvalue weighted by molar-refractivity contribution is 5.84. The van der Waals surface area contributed by atoms with Crippen molar-refractivity contribution in [3.63, 3.8) is 0 Å². The summed E-state index contributed by atoms with van der Waals surface area (Å²) in [4.78, 5) is 7.46. The first-order chi connectivity index (χ1) is 12.8. The highest BCUT2D eigenvalue weighted by Crippen LogP contribution is 2.29. The summed E-state index contributed by atoms with van der Waals surface area (Å²) >= 11 is 0. The van der Waals surface area contributed by atoms with Crippen LogP contribution in [0.25, 0.3) is 10.9 Å². The lowest BCUT2D eigenvalue weighted by Gasteiger charge is -2.24. The highest BCUT2D eigenvalue weighted by atomic mass is 15.2. The first-order valence-electron chi connectivity index (χ1n) is 9.95. The molecule has 2 aromatic rings. The van der Waals surface area contributed by atoms with E-state index < -0.39 is 0 Å². The second-order valence-electron chi connectivity index (χ2n) is 7.03. The molecule has 2 N–H and O–H groups in total. The third kappa shape index (κ3) is 4.16. The number of anilines is 1. The minimum atomic E-state index is 0.726. The van der Waals surface area contributed by atoms with Crippen LogP contribution in [0.15, 0.2) is 53.6 Å². The van der Waals surface area contributed by atoms with E-state index in [-0.39, 0.29) is 0 Å². The number of nitrogens with two attached hydrogens (primary N) is 1. The van der Waals surface area contributed by atoms with Crippen molar-refractivity contribution in [3.05, 3.63) is 59.2 Å². The Morgan fingerprint density at radius 1 is 1.23 bits per heavy atom. The summed E-state index contributed by atoms with van der Waals surface area (Å²) in [6.45, 7) is 7.11. The Balaban J connectivity index is 1.99. The third-order valence-electron chi connectivity index (χ3n) is 5.21. The van der Waals surface area contributed by atoms with Crippen LogP contribution in [0.5, 0.6) is 0 Å². The third-order valence-corrected chi connectivity index (χ3v) is 5.21. The van der Waals surface area contributed by atoms with Crippen LogP contribution in [-0.2, 0) is 6.42 Å². The second-order valence-corrected chi connectivity index (χ2v) is 7.03. The SMILES string of the molecule is C/C=C1/CCCN(c2cc(CCCN)c3ccccc3n2)C/C1=C/CC. The number of rotatable bonds is 5. The van der Waals surface area contributed by atoms with E-state index in [0.29, 0.717) is 0 Å². The summed E-state index contributed by atoms with van der Waals surface area (Å²) in [7, 11) is 0. The fraction of sp³-hybridized carbons (Fsp3) is 0.435. The number of hydrogen-bond donors (Lipinski definition) is 1. The van der Waals surface area contributed by atoms with E-state index in [2.05, 4.69) is 61.2 Å². The Kier molecular flexibility index (Phi) is 6.45. The molecule has 0 amide bonds. The topological polar surface area (TPSA) is 42.1 Å². The Morgan fingerprint density at radius 2 is 2.08 bits per heavy atom. The second kappa shape index (κ2) is 9.00. The maximum Gasteiger partial charge on any atom is 0.129 e. The maximum atomic E-state index is 5.76. The van der Waals surface area contributed by atoms with Gasteiger partial charge in [-0.05, 0) is 74.4 Å². The lowest BCUT2D eigenvalue weighted by molar-refractivity contribution is 0.785. The van der Waals surface area contributed by atoms with E-state index in [1.54, 1.807) is 0 Å². The van der Waals surface area contributed by atoms with Gasteiger partial charge < -0.3 is 10.6 Å². The molecule has 0 unspecified atom stereocenters. The van der Waals surface area contributed by atoms with Gasteiger partial charge in [-0.2, -0.15) is 0 Å². The fourth-order valence-corrected chi connectivity index (χ4v) is 3.87. The predicted octanol–water partition coefficient (Wildman–Crippen LogP) is 5.01. The zero-order valence-electron chi connectivity index (χ0n) is 16.2. The molecule has 0 atom stereocenters. The lowest BCUT2D eigenvalue weighted by Crippen LogP contribution is -2.26. The molecule has 3 rings (SSSR count). The number of aromatic nitrogens is 1. The van der Waals surface area contributed by atoms with Crippen LogP contribution in [0.2, 0.25) is 0 Å². The molecular weight excluding hydrogens is 318 g/mol. The molecule has 1 aliphatic heterocycles. The summed E-state index contributed by atoms with van der Waals surface area (Å²) in [5, 5.41) is 1.26. The van der Waals surface area contributed by atoms with E-state index in [1.165, 1.54) is 28.5 Å². The van der Waals surface area contributed by atoms with Gasteiger partial charge in [0.05, 0.1) is 5.52 Å². The zero-order chi connectivity index (χ0) is 18.4. The quantitative estimate of drug-likeness (QED) is 0.825. The minimum absolute atomic E-state index is 0.726. The number of allylic oxidation sites excluding steroid dienone is 2. The molecule has 0 aliphatic carbocycles.